The summed E-state index contributed by atoms with van der Waals surface area (Å²) in [6.45, 7) is 0.274. The van der Waals surface area contributed by atoms with Crippen molar-refractivity contribution in [2.24, 2.45) is 0 Å². The van der Waals surface area contributed by atoms with Gasteiger partial charge < -0.3 is 9.67 Å². The fraction of sp³-hybridized carbons (Fsp3) is 0.100. The lowest BCUT2D eigenvalue weighted by atomic mass is 10.4. The summed E-state index contributed by atoms with van der Waals surface area (Å²) in [7, 11) is 0. The summed E-state index contributed by atoms with van der Waals surface area (Å²) in [4.78, 5) is 26.1. The van der Waals surface area contributed by atoms with E-state index in [1.54, 1.807) is 12.3 Å². The summed E-state index contributed by atoms with van der Waals surface area (Å²) < 4.78 is 2.25. The maximum atomic E-state index is 11.5. The van der Waals surface area contributed by atoms with Gasteiger partial charge in [-0.3, -0.25) is 4.79 Å². The Morgan fingerprint density at radius 2 is 2.29 bits per heavy atom. The Morgan fingerprint density at radius 3 is 2.94 bits per heavy atom. The fourth-order valence-corrected chi connectivity index (χ4v) is 2.40. The molecule has 0 amide bonds. The molecule has 17 heavy (non-hydrogen) atoms. The smallest absolute Gasteiger partial charge is 0.355 e. The molecule has 0 radical (unpaired) electrons. The zero-order valence-corrected chi connectivity index (χ0v) is 10.9. The summed E-state index contributed by atoms with van der Waals surface area (Å²) in [6.07, 6.45) is 1.64. The van der Waals surface area contributed by atoms with Crippen molar-refractivity contribution in [1.82, 2.24) is 9.55 Å². The lowest BCUT2D eigenvalue weighted by molar-refractivity contribution is 0.0691. The van der Waals surface area contributed by atoms with E-state index in [1.807, 2.05) is 0 Å². The number of pyridine rings is 1. The number of halogens is 1. The van der Waals surface area contributed by atoms with Gasteiger partial charge in [-0.2, -0.15) is 0 Å². The zero-order valence-electron chi connectivity index (χ0n) is 8.46. The van der Waals surface area contributed by atoms with Crippen LogP contribution in [0.25, 0.3) is 0 Å². The summed E-state index contributed by atoms with van der Waals surface area (Å²) >= 11 is 4.49. The summed E-state index contributed by atoms with van der Waals surface area (Å²) in [5.74, 6) is -1.06. The van der Waals surface area contributed by atoms with Crippen LogP contribution in [0.3, 0.4) is 0 Å². The van der Waals surface area contributed by atoms with Crippen molar-refractivity contribution in [1.29, 1.82) is 0 Å². The molecule has 0 aliphatic carbocycles. The predicted molar refractivity (Wildman–Crippen MR) is 66.6 cm³/mol. The molecular formula is C10H7BrN2O3S. The van der Waals surface area contributed by atoms with Gasteiger partial charge in [-0.1, -0.05) is 0 Å². The molecule has 2 aromatic rings. The van der Waals surface area contributed by atoms with Crippen molar-refractivity contribution in [2.45, 2.75) is 6.54 Å². The van der Waals surface area contributed by atoms with E-state index < -0.39 is 5.97 Å². The lowest BCUT2D eigenvalue weighted by Crippen LogP contribution is -2.18. The van der Waals surface area contributed by atoms with Gasteiger partial charge in [0.05, 0.1) is 6.54 Å². The van der Waals surface area contributed by atoms with E-state index in [4.69, 9.17) is 5.11 Å². The number of carboxylic acid groups (broad SMARTS) is 1. The van der Waals surface area contributed by atoms with Crippen molar-refractivity contribution < 1.29 is 9.90 Å². The van der Waals surface area contributed by atoms with Gasteiger partial charge >= 0.3 is 5.97 Å². The van der Waals surface area contributed by atoms with Crippen LogP contribution >= 0.6 is 27.3 Å². The molecule has 88 valence electrons. The fourth-order valence-electron chi connectivity index (χ4n) is 1.25. The van der Waals surface area contributed by atoms with Gasteiger partial charge in [-0.15, -0.1) is 11.3 Å². The van der Waals surface area contributed by atoms with E-state index in [9.17, 15) is 9.59 Å². The first-order valence-corrected chi connectivity index (χ1v) is 6.27. The van der Waals surface area contributed by atoms with Crippen molar-refractivity contribution in [2.75, 3.05) is 0 Å². The third-order valence-corrected chi connectivity index (χ3v) is 3.33. The number of aromatic carboxylic acids is 1. The standard InChI is InChI=1S/C10H7BrN2O3S/c11-6-1-2-9(14)13(3-6)4-8-12-7(5-17-8)10(15)16/h1-3,5H,4H2,(H,15,16). The Kier molecular flexibility index (Phi) is 3.39. The predicted octanol–water partition coefficient (Wildman–Crippen LogP) is 1.81. The number of carboxylic acids is 1. The lowest BCUT2D eigenvalue weighted by Gasteiger charge is -2.02. The molecule has 0 unspecified atom stereocenters. The zero-order chi connectivity index (χ0) is 12.4. The van der Waals surface area contributed by atoms with Crippen LogP contribution < -0.4 is 5.56 Å². The second kappa shape index (κ2) is 4.80. The normalized spacial score (nSPS) is 10.4. The molecular weight excluding hydrogens is 308 g/mol. The summed E-state index contributed by atoms with van der Waals surface area (Å²) in [5, 5.41) is 10.8. The van der Waals surface area contributed by atoms with Gasteiger partial charge in [0.2, 0.25) is 0 Å². The van der Waals surface area contributed by atoms with Crippen LogP contribution in [0.15, 0.2) is 33.0 Å². The maximum absolute atomic E-state index is 11.5. The monoisotopic (exact) mass is 314 g/mol. The van der Waals surface area contributed by atoms with E-state index in [-0.39, 0.29) is 17.8 Å². The Balaban J connectivity index is 2.28. The van der Waals surface area contributed by atoms with Crippen LogP contribution in [-0.4, -0.2) is 20.6 Å². The Bertz CT molecular complexity index is 620. The number of thiazole rings is 1. The van der Waals surface area contributed by atoms with E-state index in [2.05, 4.69) is 20.9 Å². The first kappa shape index (κ1) is 12.0. The second-order valence-corrected chi connectivity index (χ2v) is 5.10. The Morgan fingerprint density at radius 1 is 1.53 bits per heavy atom. The van der Waals surface area contributed by atoms with E-state index in [0.717, 1.165) is 4.47 Å². The molecule has 5 nitrogen and oxygen atoms in total. The summed E-state index contributed by atoms with van der Waals surface area (Å²) in [6, 6.07) is 3.10. The maximum Gasteiger partial charge on any atom is 0.355 e. The molecule has 0 fully saturated rings. The number of hydrogen-bond acceptors (Lipinski definition) is 4. The van der Waals surface area contributed by atoms with Gasteiger partial charge in [-0.25, -0.2) is 9.78 Å². The highest BCUT2D eigenvalue weighted by Gasteiger charge is 2.09. The molecule has 0 atom stereocenters. The van der Waals surface area contributed by atoms with Crippen LogP contribution in [0.5, 0.6) is 0 Å². The van der Waals surface area contributed by atoms with Gasteiger partial charge in [0, 0.05) is 22.1 Å². The minimum absolute atomic E-state index is 0.00745. The number of nitrogens with zero attached hydrogens (tertiary/aromatic N) is 2. The number of aromatic nitrogens is 2. The topological polar surface area (TPSA) is 72.2 Å². The van der Waals surface area contributed by atoms with E-state index in [1.165, 1.54) is 27.4 Å². The van der Waals surface area contributed by atoms with E-state index in [0.29, 0.717) is 5.01 Å². The summed E-state index contributed by atoms with van der Waals surface area (Å²) in [5.41, 5.74) is -0.145. The SMILES string of the molecule is O=C(O)c1csc(Cn2cc(Br)ccc2=O)n1. The minimum Gasteiger partial charge on any atom is -0.476 e. The molecule has 0 aromatic carbocycles. The third-order valence-electron chi connectivity index (χ3n) is 2.02. The number of rotatable bonds is 3. The molecule has 0 aliphatic heterocycles. The molecule has 0 aliphatic rings. The first-order valence-electron chi connectivity index (χ1n) is 4.60. The van der Waals surface area contributed by atoms with Gasteiger partial charge in [0.1, 0.15) is 5.01 Å². The van der Waals surface area contributed by atoms with Gasteiger partial charge in [-0.05, 0) is 22.0 Å². The van der Waals surface area contributed by atoms with Gasteiger partial charge in [0.25, 0.3) is 5.56 Å². The van der Waals surface area contributed by atoms with E-state index >= 15 is 0 Å². The molecule has 0 spiro atoms. The van der Waals surface area contributed by atoms with Crippen LogP contribution in [0.4, 0.5) is 0 Å². The molecule has 2 heterocycles. The van der Waals surface area contributed by atoms with Crippen LogP contribution in [0.2, 0.25) is 0 Å². The van der Waals surface area contributed by atoms with Crippen molar-refractivity contribution >= 4 is 33.2 Å². The van der Waals surface area contributed by atoms with Gasteiger partial charge in [0.15, 0.2) is 5.69 Å². The van der Waals surface area contributed by atoms with Crippen LogP contribution in [0, 0.1) is 0 Å². The Hall–Kier alpha value is -1.47. The molecule has 2 rings (SSSR count). The second-order valence-electron chi connectivity index (χ2n) is 3.25. The molecule has 7 heteroatoms. The largest absolute Gasteiger partial charge is 0.476 e. The number of hydrogen-bond donors (Lipinski definition) is 1. The average Bonchev–Trinajstić information content (AvgIpc) is 2.72. The average molecular weight is 315 g/mol. The molecule has 0 saturated carbocycles. The highest BCUT2D eigenvalue weighted by Crippen LogP contribution is 2.12. The highest BCUT2D eigenvalue weighted by molar-refractivity contribution is 9.10. The first-order chi connectivity index (χ1) is 8.06. The van der Waals surface area contributed by atoms with Crippen LogP contribution in [0.1, 0.15) is 15.5 Å². The minimum atomic E-state index is -1.06. The molecule has 0 bridgehead atoms. The Labute approximate surface area is 108 Å². The molecule has 1 N–H and O–H groups in total. The van der Waals surface area contributed by atoms with Crippen molar-refractivity contribution in [3.63, 3.8) is 0 Å². The highest BCUT2D eigenvalue weighted by atomic mass is 79.9. The third kappa shape index (κ3) is 2.80. The molecule has 2 aromatic heterocycles. The van der Waals surface area contributed by atoms with Crippen molar-refractivity contribution in [3.8, 4) is 0 Å². The molecule has 0 saturated heterocycles. The van der Waals surface area contributed by atoms with Crippen molar-refractivity contribution in [3.05, 3.63) is 49.2 Å². The quantitative estimate of drug-likeness (QED) is 0.938. The van der Waals surface area contributed by atoms with Crippen LogP contribution in [-0.2, 0) is 6.54 Å². The number of carbonyl (C=O) groups is 1.